The summed E-state index contributed by atoms with van der Waals surface area (Å²) < 4.78 is 23.9. The van der Waals surface area contributed by atoms with Crippen LogP contribution in [0.5, 0.6) is 0 Å². The molecule has 1 spiro atoms. The zero-order valence-electron chi connectivity index (χ0n) is 5.96. The van der Waals surface area contributed by atoms with Gasteiger partial charge in [0.1, 0.15) is 0 Å². The zero-order valence-corrected chi connectivity index (χ0v) is 6.78. The van der Waals surface area contributed by atoms with Crippen LogP contribution < -0.4 is 4.72 Å². The lowest BCUT2D eigenvalue weighted by Gasteiger charge is -2.33. The molecule has 0 aromatic heterocycles. The molecule has 62 valence electrons. The molecule has 1 heterocycles. The third-order valence-electron chi connectivity index (χ3n) is 2.51. The van der Waals surface area contributed by atoms with Gasteiger partial charge in [0.05, 0.1) is 11.2 Å². The first-order chi connectivity index (χ1) is 5.04. The average Bonchev–Trinajstić information content (AvgIpc) is 1.99. The third-order valence-corrected chi connectivity index (χ3v) is 3.94. The monoisotopic (exact) mass is 175 g/mol. The molecule has 0 radical (unpaired) electrons. The van der Waals surface area contributed by atoms with E-state index in [1.807, 2.05) is 4.72 Å². The Kier molecular flexibility index (Phi) is 1.14. The van der Waals surface area contributed by atoms with Crippen LogP contribution in [-0.4, -0.2) is 20.1 Å². The number of rotatable bonds is 0. The lowest BCUT2D eigenvalue weighted by atomic mass is 9.70. The molecule has 1 N–H and O–H groups in total. The molecule has 1 aliphatic carbocycles. The van der Waals surface area contributed by atoms with Crippen molar-refractivity contribution in [2.75, 3.05) is 5.75 Å². The fourth-order valence-corrected chi connectivity index (χ4v) is 3.41. The smallest absolute Gasteiger partial charge is 0.240 e. The fraction of sp³-hybridized carbons (Fsp3) is 0.833. The van der Waals surface area contributed by atoms with Crippen molar-refractivity contribution < 1.29 is 13.2 Å². The second-order valence-corrected chi connectivity index (χ2v) is 5.05. The van der Waals surface area contributed by atoms with E-state index in [0.29, 0.717) is 0 Å². The predicted molar refractivity (Wildman–Crippen MR) is 38.2 cm³/mol. The molecule has 0 aromatic rings. The van der Waals surface area contributed by atoms with Crippen LogP contribution >= 0.6 is 0 Å². The highest BCUT2D eigenvalue weighted by atomic mass is 32.2. The first-order valence-corrected chi connectivity index (χ1v) is 5.24. The second-order valence-electron chi connectivity index (χ2n) is 3.32. The maximum absolute atomic E-state index is 11.1. The number of hydrogen-bond donors (Lipinski definition) is 1. The van der Waals surface area contributed by atoms with Crippen LogP contribution in [0.2, 0.25) is 0 Å². The Hall–Kier alpha value is -0.580. The Morgan fingerprint density at radius 2 is 2.00 bits per heavy atom. The summed E-state index contributed by atoms with van der Waals surface area (Å²) in [6.07, 6.45) is 2.44. The summed E-state index contributed by atoms with van der Waals surface area (Å²) in [7, 11) is -3.26. The standard InChI is InChI=1S/C6H9NO3S/c8-5-6(2-1-3-6)4-11(9,10)7-5/h1-4H2,(H,7,8). The highest BCUT2D eigenvalue weighted by Gasteiger charge is 2.53. The summed E-state index contributed by atoms with van der Waals surface area (Å²) in [6, 6.07) is 0. The molecule has 1 saturated heterocycles. The van der Waals surface area contributed by atoms with Crippen molar-refractivity contribution in [2.45, 2.75) is 19.3 Å². The van der Waals surface area contributed by atoms with E-state index < -0.39 is 15.4 Å². The molecule has 1 aliphatic heterocycles. The van der Waals surface area contributed by atoms with E-state index in [2.05, 4.69) is 0 Å². The van der Waals surface area contributed by atoms with Gasteiger partial charge in [0.2, 0.25) is 15.9 Å². The van der Waals surface area contributed by atoms with E-state index in [0.717, 1.165) is 19.3 Å². The van der Waals surface area contributed by atoms with Gasteiger partial charge in [-0.2, -0.15) is 0 Å². The summed E-state index contributed by atoms with van der Waals surface area (Å²) in [6.45, 7) is 0. The molecule has 0 atom stereocenters. The molecule has 2 rings (SSSR count). The van der Waals surface area contributed by atoms with Crippen molar-refractivity contribution in [2.24, 2.45) is 5.41 Å². The van der Waals surface area contributed by atoms with Gasteiger partial charge in [-0.15, -0.1) is 0 Å². The Balaban J connectivity index is 2.34. The Labute approximate surface area is 65.0 Å². The molecule has 2 aliphatic rings. The molecular weight excluding hydrogens is 166 g/mol. The van der Waals surface area contributed by atoms with Crippen LogP contribution in [0.15, 0.2) is 0 Å². The van der Waals surface area contributed by atoms with E-state index in [4.69, 9.17) is 0 Å². The topological polar surface area (TPSA) is 63.2 Å². The second kappa shape index (κ2) is 1.77. The highest BCUT2D eigenvalue weighted by Crippen LogP contribution is 2.44. The Morgan fingerprint density at radius 3 is 2.18 bits per heavy atom. The van der Waals surface area contributed by atoms with Crippen LogP contribution in [-0.2, 0) is 14.8 Å². The maximum Gasteiger partial charge on any atom is 0.240 e. The van der Waals surface area contributed by atoms with Crippen molar-refractivity contribution in [1.29, 1.82) is 0 Å². The zero-order chi connectivity index (χ0) is 8.11. The van der Waals surface area contributed by atoms with Crippen LogP contribution in [0.4, 0.5) is 0 Å². The van der Waals surface area contributed by atoms with Crippen molar-refractivity contribution in [1.82, 2.24) is 4.72 Å². The van der Waals surface area contributed by atoms with E-state index in [-0.39, 0.29) is 11.7 Å². The average molecular weight is 175 g/mol. The number of nitrogens with one attached hydrogen (secondary N) is 1. The van der Waals surface area contributed by atoms with E-state index in [1.165, 1.54) is 0 Å². The van der Waals surface area contributed by atoms with Crippen molar-refractivity contribution >= 4 is 15.9 Å². The molecule has 0 unspecified atom stereocenters. The summed E-state index contributed by atoms with van der Waals surface area (Å²) in [5, 5.41) is 0. The quantitative estimate of drug-likeness (QED) is 0.545. The predicted octanol–water partition coefficient (Wildman–Crippen LogP) is -0.384. The van der Waals surface area contributed by atoms with Gasteiger partial charge >= 0.3 is 0 Å². The number of carbonyl (C=O) groups is 1. The van der Waals surface area contributed by atoms with Gasteiger partial charge in [0.15, 0.2) is 0 Å². The van der Waals surface area contributed by atoms with E-state index in [1.54, 1.807) is 0 Å². The normalized spacial score (nSPS) is 31.5. The molecule has 5 heteroatoms. The number of amides is 1. The van der Waals surface area contributed by atoms with Crippen molar-refractivity contribution in [3.05, 3.63) is 0 Å². The van der Waals surface area contributed by atoms with Gasteiger partial charge in [-0.05, 0) is 12.8 Å². The third kappa shape index (κ3) is 0.870. The van der Waals surface area contributed by atoms with Crippen molar-refractivity contribution in [3.63, 3.8) is 0 Å². The molecule has 1 saturated carbocycles. The molecule has 0 bridgehead atoms. The minimum atomic E-state index is -3.26. The van der Waals surface area contributed by atoms with Gasteiger partial charge in [0, 0.05) is 0 Å². The van der Waals surface area contributed by atoms with Gasteiger partial charge in [0.25, 0.3) is 0 Å². The lowest BCUT2D eigenvalue weighted by Crippen LogP contribution is -2.38. The molecule has 4 nitrogen and oxygen atoms in total. The number of carbonyl (C=O) groups excluding carboxylic acids is 1. The molecule has 1 amide bonds. The number of sulfonamides is 1. The first-order valence-electron chi connectivity index (χ1n) is 3.59. The summed E-state index contributed by atoms with van der Waals surface area (Å²) >= 11 is 0. The first kappa shape index (κ1) is 7.09. The Bertz CT molecular complexity index is 302. The van der Waals surface area contributed by atoms with E-state index >= 15 is 0 Å². The van der Waals surface area contributed by atoms with Gasteiger partial charge in [-0.25, -0.2) is 8.42 Å². The molecule has 0 aromatic carbocycles. The van der Waals surface area contributed by atoms with Crippen LogP contribution in [0.3, 0.4) is 0 Å². The van der Waals surface area contributed by atoms with Gasteiger partial charge < -0.3 is 0 Å². The summed E-state index contributed by atoms with van der Waals surface area (Å²) in [4.78, 5) is 11.1. The largest absolute Gasteiger partial charge is 0.273 e. The highest BCUT2D eigenvalue weighted by molar-refractivity contribution is 7.90. The van der Waals surface area contributed by atoms with Gasteiger partial charge in [-0.1, -0.05) is 6.42 Å². The van der Waals surface area contributed by atoms with Crippen molar-refractivity contribution in [3.8, 4) is 0 Å². The lowest BCUT2D eigenvalue weighted by molar-refractivity contribution is -0.130. The molecular formula is C6H9NO3S. The van der Waals surface area contributed by atoms with Crippen LogP contribution in [0, 0.1) is 5.41 Å². The minimum absolute atomic E-state index is 0.0127. The minimum Gasteiger partial charge on any atom is -0.273 e. The van der Waals surface area contributed by atoms with E-state index in [9.17, 15) is 13.2 Å². The van der Waals surface area contributed by atoms with Crippen LogP contribution in [0.1, 0.15) is 19.3 Å². The maximum atomic E-state index is 11.1. The Morgan fingerprint density at radius 1 is 1.36 bits per heavy atom. The summed E-state index contributed by atoms with van der Waals surface area (Å²) in [5.74, 6) is -0.275. The number of hydrogen-bond acceptors (Lipinski definition) is 3. The summed E-state index contributed by atoms with van der Waals surface area (Å²) in [5.41, 5.74) is -0.529. The SMILES string of the molecule is O=C1NS(=O)(=O)CC12CCC2. The molecule has 2 fully saturated rings. The van der Waals surface area contributed by atoms with Gasteiger partial charge in [-0.3, -0.25) is 9.52 Å². The van der Waals surface area contributed by atoms with Crippen LogP contribution in [0.25, 0.3) is 0 Å². The fourth-order valence-electron chi connectivity index (χ4n) is 1.69. The molecule has 11 heavy (non-hydrogen) atoms.